The van der Waals surface area contributed by atoms with Gasteiger partial charge < -0.3 is 5.32 Å². The fourth-order valence-electron chi connectivity index (χ4n) is 2.56. The minimum atomic E-state index is -0.169. The van der Waals surface area contributed by atoms with Crippen molar-refractivity contribution in [3.05, 3.63) is 70.5 Å². The Kier molecular flexibility index (Phi) is 6.21. The van der Waals surface area contributed by atoms with Crippen molar-refractivity contribution in [1.82, 2.24) is 5.32 Å². The zero-order chi connectivity index (χ0) is 15.1. The molecule has 0 fully saturated rings. The number of hydrogen-bond acceptors (Lipinski definition) is 1. The number of nitrogens with one attached hydrogen (secondary N) is 1. The lowest BCUT2D eigenvalue weighted by atomic mass is 9.92. The number of benzene rings is 2. The molecule has 21 heavy (non-hydrogen) atoms. The Morgan fingerprint density at radius 1 is 1.05 bits per heavy atom. The van der Waals surface area contributed by atoms with E-state index in [0.717, 1.165) is 36.5 Å². The van der Waals surface area contributed by atoms with Crippen LogP contribution in [-0.2, 0) is 12.8 Å². The van der Waals surface area contributed by atoms with E-state index in [1.165, 1.54) is 11.6 Å². The Balaban J connectivity index is 2.06. The zero-order valence-corrected chi connectivity index (χ0v) is 13.0. The highest BCUT2D eigenvalue weighted by atomic mass is 35.5. The second kappa shape index (κ2) is 8.16. The molecule has 3 heteroatoms. The van der Waals surface area contributed by atoms with E-state index in [0.29, 0.717) is 5.92 Å². The molecule has 0 saturated heterocycles. The molecule has 0 bridgehead atoms. The van der Waals surface area contributed by atoms with E-state index in [9.17, 15) is 4.39 Å². The third-order valence-electron chi connectivity index (χ3n) is 3.51. The van der Waals surface area contributed by atoms with Gasteiger partial charge in [0.25, 0.3) is 0 Å². The van der Waals surface area contributed by atoms with Crippen molar-refractivity contribution in [3.8, 4) is 0 Å². The molecule has 2 aromatic carbocycles. The molecular formula is C18H21ClFN. The minimum absolute atomic E-state index is 0.169. The van der Waals surface area contributed by atoms with Crippen LogP contribution in [0.15, 0.2) is 48.5 Å². The van der Waals surface area contributed by atoms with E-state index in [2.05, 4.69) is 18.3 Å². The number of hydrogen-bond donors (Lipinski definition) is 1. The molecule has 0 spiro atoms. The first-order valence-electron chi connectivity index (χ1n) is 7.37. The van der Waals surface area contributed by atoms with E-state index < -0.39 is 0 Å². The van der Waals surface area contributed by atoms with Crippen LogP contribution in [0.25, 0.3) is 0 Å². The van der Waals surface area contributed by atoms with Crippen LogP contribution >= 0.6 is 11.6 Å². The summed E-state index contributed by atoms with van der Waals surface area (Å²) in [6.07, 6.45) is 1.79. The molecular weight excluding hydrogens is 285 g/mol. The van der Waals surface area contributed by atoms with Gasteiger partial charge >= 0.3 is 0 Å². The summed E-state index contributed by atoms with van der Waals surface area (Å²) < 4.78 is 13.3. The van der Waals surface area contributed by atoms with E-state index in [-0.39, 0.29) is 5.82 Å². The smallest absolute Gasteiger partial charge is 0.123 e. The molecule has 1 nitrogen and oxygen atoms in total. The van der Waals surface area contributed by atoms with E-state index in [4.69, 9.17) is 11.6 Å². The Labute approximate surface area is 131 Å². The molecule has 112 valence electrons. The van der Waals surface area contributed by atoms with Crippen LogP contribution in [0.5, 0.6) is 0 Å². The van der Waals surface area contributed by atoms with Gasteiger partial charge in [-0.1, -0.05) is 42.8 Å². The van der Waals surface area contributed by atoms with Crippen molar-refractivity contribution in [2.24, 2.45) is 5.92 Å². The van der Waals surface area contributed by atoms with Gasteiger partial charge in [-0.05, 0) is 67.2 Å². The van der Waals surface area contributed by atoms with Crippen molar-refractivity contribution in [2.45, 2.75) is 19.8 Å². The normalized spacial score (nSPS) is 12.3. The summed E-state index contributed by atoms with van der Waals surface area (Å²) in [4.78, 5) is 0. The number of rotatable bonds is 7. The maximum Gasteiger partial charge on any atom is 0.123 e. The zero-order valence-electron chi connectivity index (χ0n) is 12.3. The van der Waals surface area contributed by atoms with Crippen molar-refractivity contribution in [2.75, 3.05) is 13.1 Å². The lowest BCUT2D eigenvalue weighted by Gasteiger charge is -2.18. The Hall–Kier alpha value is -1.38. The molecule has 0 amide bonds. The standard InChI is InChI=1S/C18H21ClFN/c1-2-21-13-16(9-14-5-3-7-17(19)11-14)10-15-6-4-8-18(20)12-15/h3-8,11-12,16,21H,2,9-10,13H2,1H3. The first kappa shape index (κ1) is 16.0. The topological polar surface area (TPSA) is 12.0 Å². The summed E-state index contributed by atoms with van der Waals surface area (Å²) in [7, 11) is 0. The van der Waals surface area contributed by atoms with Crippen LogP contribution in [0.3, 0.4) is 0 Å². The van der Waals surface area contributed by atoms with Crippen molar-refractivity contribution in [1.29, 1.82) is 0 Å². The predicted octanol–water partition coefficient (Wildman–Crippen LogP) is 4.49. The molecule has 1 atom stereocenters. The summed E-state index contributed by atoms with van der Waals surface area (Å²) in [5, 5.41) is 4.16. The minimum Gasteiger partial charge on any atom is -0.317 e. The lowest BCUT2D eigenvalue weighted by Crippen LogP contribution is -2.25. The van der Waals surface area contributed by atoms with E-state index >= 15 is 0 Å². The quantitative estimate of drug-likeness (QED) is 0.794. The molecule has 0 heterocycles. The third-order valence-corrected chi connectivity index (χ3v) is 3.74. The van der Waals surface area contributed by atoms with Gasteiger partial charge in [0.2, 0.25) is 0 Å². The second-order valence-corrected chi connectivity index (χ2v) is 5.78. The molecule has 2 rings (SSSR count). The average molecular weight is 306 g/mol. The van der Waals surface area contributed by atoms with Gasteiger partial charge in [0.1, 0.15) is 5.82 Å². The molecule has 0 saturated carbocycles. The highest BCUT2D eigenvalue weighted by Crippen LogP contribution is 2.18. The molecule has 0 aromatic heterocycles. The SMILES string of the molecule is CCNCC(Cc1cccc(F)c1)Cc1cccc(Cl)c1. The van der Waals surface area contributed by atoms with Gasteiger partial charge in [0.15, 0.2) is 0 Å². The van der Waals surface area contributed by atoms with Gasteiger partial charge in [-0.2, -0.15) is 0 Å². The highest BCUT2D eigenvalue weighted by Gasteiger charge is 2.11. The van der Waals surface area contributed by atoms with Crippen LogP contribution in [0.4, 0.5) is 4.39 Å². The van der Waals surface area contributed by atoms with Crippen molar-refractivity contribution < 1.29 is 4.39 Å². The molecule has 2 aromatic rings. The monoisotopic (exact) mass is 305 g/mol. The van der Waals surface area contributed by atoms with Gasteiger partial charge in [0, 0.05) is 5.02 Å². The highest BCUT2D eigenvalue weighted by molar-refractivity contribution is 6.30. The van der Waals surface area contributed by atoms with Gasteiger partial charge in [-0.3, -0.25) is 0 Å². The van der Waals surface area contributed by atoms with Crippen LogP contribution in [0, 0.1) is 11.7 Å². The number of halogens is 2. The fourth-order valence-corrected chi connectivity index (χ4v) is 2.77. The maximum atomic E-state index is 13.3. The molecule has 0 aliphatic rings. The van der Waals surface area contributed by atoms with E-state index in [1.807, 2.05) is 24.3 Å². The lowest BCUT2D eigenvalue weighted by molar-refractivity contribution is 0.477. The molecule has 1 N–H and O–H groups in total. The van der Waals surface area contributed by atoms with Crippen molar-refractivity contribution >= 4 is 11.6 Å². The first-order chi connectivity index (χ1) is 10.2. The van der Waals surface area contributed by atoms with Gasteiger partial charge in [-0.15, -0.1) is 0 Å². The third kappa shape index (κ3) is 5.49. The van der Waals surface area contributed by atoms with Crippen LogP contribution < -0.4 is 5.32 Å². The predicted molar refractivity (Wildman–Crippen MR) is 87.3 cm³/mol. The molecule has 0 aliphatic carbocycles. The average Bonchev–Trinajstić information content (AvgIpc) is 2.45. The van der Waals surface area contributed by atoms with Gasteiger partial charge in [-0.25, -0.2) is 4.39 Å². The molecule has 0 aliphatic heterocycles. The van der Waals surface area contributed by atoms with Crippen molar-refractivity contribution in [3.63, 3.8) is 0 Å². The van der Waals surface area contributed by atoms with Crippen LogP contribution in [-0.4, -0.2) is 13.1 Å². The Morgan fingerprint density at radius 3 is 2.33 bits per heavy atom. The largest absolute Gasteiger partial charge is 0.317 e. The molecule has 0 radical (unpaired) electrons. The summed E-state index contributed by atoms with van der Waals surface area (Å²) in [5.74, 6) is 0.252. The summed E-state index contributed by atoms with van der Waals surface area (Å²) in [6.45, 7) is 3.95. The van der Waals surface area contributed by atoms with E-state index in [1.54, 1.807) is 12.1 Å². The maximum absolute atomic E-state index is 13.3. The summed E-state index contributed by atoms with van der Waals surface area (Å²) in [5.41, 5.74) is 2.27. The Bertz CT molecular complexity index is 523. The summed E-state index contributed by atoms with van der Waals surface area (Å²) in [6, 6.07) is 14.8. The molecule has 1 unspecified atom stereocenters. The van der Waals surface area contributed by atoms with Crippen LogP contribution in [0.1, 0.15) is 18.1 Å². The van der Waals surface area contributed by atoms with Gasteiger partial charge in [0.05, 0.1) is 0 Å². The summed E-state index contributed by atoms with van der Waals surface area (Å²) >= 11 is 6.05. The first-order valence-corrected chi connectivity index (χ1v) is 7.74. The Morgan fingerprint density at radius 2 is 1.71 bits per heavy atom. The second-order valence-electron chi connectivity index (χ2n) is 5.34. The van der Waals surface area contributed by atoms with Crippen LogP contribution in [0.2, 0.25) is 5.02 Å². The fraction of sp³-hybridized carbons (Fsp3) is 0.333.